The Labute approximate surface area is 143 Å². The van der Waals surface area contributed by atoms with Gasteiger partial charge in [0.25, 0.3) is 0 Å². The van der Waals surface area contributed by atoms with E-state index in [0.717, 1.165) is 6.42 Å². The number of fused-ring (bicyclic) bond motifs is 1. The molecule has 4 aliphatic rings. The largest absolute Gasteiger partial charge is 0.463 e. The molecular weight excluding hydrogens is 304 g/mol. The van der Waals surface area contributed by atoms with E-state index in [1.807, 2.05) is 13.8 Å². The maximum atomic E-state index is 13.0. The minimum Gasteiger partial charge on any atom is -0.463 e. The van der Waals surface area contributed by atoms with Crippen LogP contribution in [0.15, 0.2) is 23.3 Å². The van der Waals surface area contributed by atoms with Crippen LogP contribution >= 0.6 is 0 Å². The second-order valence-corrected chi connectivity index (χ2v) is 8.24. The van der Waals surface area contributed by atoms with Gasteiger partial charge in [-0.2, -0.15) is 0 Å². The van der Waals surface area contributed by atoms with Crippen molar-refractivity contribution in [2.75, 3.05) is 0 Å². The summed E-state index contributed by atoms with van der Waals surface area (Å²) in [5.41, 5.74) is 0.577. The van der Waals surface area contributed by atoms with Crippen molar-refractivity contribution in [3.05, 3.63) is 23.3 Å². The molecular formula is C20H26O4. The fourth-order valence-electron chi connectivity index (χ4n) is 5.97. The van der Waals surface area contributed by atoms with E-state index in [2.05, 4.69) is 19.9 Å². The first-order valence-electron chi connectivity index (χ1n) is 8.67. The number of Topliss-reactive ketones (excluding diaryl/α,β-unsaturated/α-hetero) is 1. The van der Waals surface area contributed by atoms with Crippen LogP contribution in [0.5, 0.6) is 0 Å². The van der Waals surface area contributed by atoms with E-state index in [0.29, 0.717) is 5.57 Å². The molecule has 0 aromatic rings. The van der Waals surface area contributed by atoms with Gasteiger partial charge in [-0.3, -0.25) is 14.4 Å². The Hall–Kier alpha value is -1.71. The maximum Gasteiger partial charge on any atom is 0.302 e. The first-order chi connectivity index (χ1) is 11.0. The Balaban J connectivity index is 2.14. The molecule has 1 saturated carbocycles. The van der Waals surface area contributed by atoms with Crippen LogP contribution in [0.2, 0.25) is 0 Å². The number of allylic oxidation sites excluding steroid dienone is 4. The van der Waals surface area contributed by atoms with Gasteiger partial charge in [-0.15, -0.1) is 0 Å². The van der Waals surface area contributed by atoms with E-state index in [9.17, 15) is 14.4 Å². The normalized spacial score (nSPS) is 42.2. The molecule has 24 heavy (non-hydrogen) atoms. The highest BCUT2D eigenvalue weighted by Gasteiger charge is 2.67. The summed E-state index contributed by atoms with van der Waals surface area (Å²) in [6.07, 6.45) is 4.17. The van der Waals surface area contributed by atoms with Crippen molar-refractivity contribution in [2.45, 2.75) is 54.1 Å². The fourth-order valence-corrected chi connectivity index (χ4v) is 5.97. The molecule has 2 bridgehead atoms. The minimum absolute atomic E-state index is 0.0208. The van der Waals surface area contributed by atoms with Crippen LogP contribution in [0, 0.1) is 28.6 Å². The molecule has 0 radical (unpaired) electrons. The molecule has 130 valence electrons. The van der Waals surface area contributed by atoms with Gasteiger partial charge in [0, 0.05) is 29.6 Å². The zero-order valence-electron chi connectivity index (χ0n) is 15.3. The monoisotopic (exact) mass is 330 g/mol. The summed E-state index contributed by atoms with van der Waals surface area (Å²) in [7, 11) is 0. The second-order valence-electron chi connectivity index (χ2n) is 8.24. The number of esters is 1. The summed E-state index contributed by atoms with van der Waals surface area (Å²) in [6, 6.07) is 0. The summed E-state index contributed by atoms with van der Waals surface area (Å²) in [6.45, 7) is 11.1. The van der Waals surface area contributed by atoms with Crippen LogP contribution in [0.25, 0.3) is 0 Å². The van der Waals surface area contributed by atoms with E-state index in [1.165, 1.54) is 18.6 Å². The lowest BCUT2D eigenvalue weighted by molar-refractivity contribution is -0.170. The van der Waals surface area contributed by atoms with Crippen molar-refractivity contribution in [3.8, 4) is 0 Å². The fraction of sp³-hybridized carbons (Fsp3) is 0.650. The molecule has 0 aromatic carbocycles. The van der Waals surface area contributed by atoms with Crippen LogP contribution in [-0.4, -0.2) is 23.6 Å². The first kappa shape index (κ1) is 17.1. The average molecular weight is 330 g/mol. The average Bonchev–Trinajstić information content (AvgIpc) is 2.42. The SMILES string of the molecule is CC(=O)OC(C)C1CC2C(C)=CC1(C)[C@@H]1C(=O)C=C(C)C(=O)[C@]21C. The molecule has 0 aliphatic heterocycles. The standard InChI is InChI=1S/C20H26O4/c1-10-7-16(22)17-19(5)9-11(2)14(20(17,6)18(10)23)8-15(19)12(3)24-13(4)21/h7,9,12,14-15,17H,8H2,1-6H3/t12?,14?,15?,17-,19?,20+/m0/s1. The predicted molar refractivity (Wildman–Crippen MR) is 90.1 cm³/mol. The number of ether oxygens (including phenoxy) is 1. The van der Waals surface area contributed by atoms with Gasteiger partial charge < -0.3 is 4.74 Å². The number of rotatable bonds is 2. The Bertz CT molecular complexity index is 700. The molecule has 0 aromatic heterocycles. The molecule has 4 nitrogen and oxygen atoms in total. The number of ketones is 2. The highest BCUT2D eigenvalue weighted by atomic mass is 16.5. The third-order valence-corrected chi connectivity index (χ3v) is 6.73. The van der Waals surface area contributed by atoms with Gasteiger partial charge in [0.2, 0.25) is 0 Å². The second kappa shape index (κ2) is 5.14. The topological polar surface area (TPSA) is 60.4 Å². The van der Waals surface area contributed by atoms with Gasteiger partial charge >= 0.3 is 5.97 Å². The van der Waals surface area contributed by atoms with Gasteiger partial charge in [0.15, 0.2) is 11.6 Å². The molecule has 4 rings (SSSR count). The summed E-state index contributed by atoms with van der Waals surface area (Å²) in [5.74, 6) is -0.506. The number of carbonyl (C=O) groups is 3. The molecule has 4 aliphatic carbocycles. The van der Waals surface area contributed by atoms with Crippen molar-refractivity contribution < 1.29 is 19.1 Å². The van der Waals surface area contributed by atoms with E-state index in [-0.39, 0.29) is 41.4 Å². The van der Waals surface area contributed by atoms with E-state index < -0.39 is 10.8 Å². The smallest absolute Gasteiger partial charge is 0.302 e. The highest BCUT2D eigenvalue weighted by molar-refractivity contribution is 6.13. The van der Waals surface area contributed by atoms with Crippen molar-refractivity contribution in [1.29, 1.82) is 0 Å². The van der Waals surface area contributed by atoms with Crippen LogP contribution in [-0.2, 0) is 19.1 Å². The van der Waals surface area contributed by atoms with Gasteiger partial charge in [-0.1, -0.05) is 25.5 Å². The third-order valence-electron chi connectivity index (χ3n) is 6.73. The summed E-state index contributed by atoms with van der Waals surface area (Å²) < 4.78 is 5.46. The van der Waals surface area contributed by atoms with Crippen LogP contribution in [0.3, 0.4) is 0 Å². The first-order valence-corrected chi connectivity index (χ1v) is 8.67. The maximum absolute atomic E-state index is 13.0. The quantitative estimate of drug-likeness (QED) is 0.576. The van der Waals surface area contributed by atoms with Crippen molar-refractivity contribution in [1.82, 2.24) is 0 Å². The summed E-state index contributed by atoms with van der Waals surface area (Å²) >= 11 is 0. The molecule has 4 heteroatoms. The van der Waals surface area contributed by atoms with Crippen LogP contribution in [0.4, 0.5) is 0 Å². The number of hydrogen-bond acceptors (Lipinski definition) is 4. The van der Waals surface area contributed by atoms with E-state index in [1.54, 1.807) is 6.92 Å². The lowest BCUT2D eigenvalue weighted by Crippen LogP contribution is -2.64. The number of carbonyl (C=O) groups excluding carboxylic acids is 3. The Morgan fingerprint density at radius 2 is 1.92 bits per heavy atom. The van der Waals surface area contributed by atoms with Gasteiger partial charge in [-0.25, -0.2) is 0 Å². The van der Waals surface area contributed by atoms with Crippen molar-refractivity contribution >= 4 is 17.5 Å². The van der Waals surface area contributed by atoms with E-state index in [4.69, 9.17) is 4.74 Å². The van der Waals surface area contributed by atoms with E-state index >= 15 is 0 Å². The summed E-state index contributed by atoms with van der Waals surface area (Å²) in [4.78, 5) is 37.4. The Morgan fingerprint density at radius 1 is 1.29 bits per heavy atom. The minimum atomic E-state index is -0.685. The third kappa shape index (κ3) is 2.01. The van der Waals surface area contributed by atoms with Gasteiger partial charge in [0.05, 0.1) is 0 Å². The van der Waals surface area contributed by atoms with Gasteiger partial charge in [0.1, 0.15) is 6.10 Å². The molecule has 4 unspecified atom stereocenters. The summed E-state index contributed by atoms with van der Waals surface area (Å²) in [5, 5.41) is 0. The van der Waals surface area contributed by atoms with Crippen molar-refractivity contribution in [3.63, 3.8) is 0 Å². The molecule has 0 heterocycles. The number of hydrogen-bond donors (Lipinski definition) is 0. The Kier molecular flexibility index (Phi) is 3.67. The zero-order valence-corrected chi connectivity index (χ0v) is 15.3. The molecule has 0 amide bonds. The lowest BCUT2D eigenvalue weighted by atomic mass is 9.39. The van der Waals surface area contributed by atoms with Crippen LogP contribution < -0.4 is 0 Å². The molecule has 0 N–H and O–H groups in total. The molecule has 0 spiro atoms. The lowest BCUT2D eigenvalue weighted by Gasteiger charge is -2.62. The van der Waals surface area contributed by atoms with Crippen LogP contribution in [0.1, 0.15) is 48.0 Å². The zero-order chi connectivity index (χ0) is 18.0. The predicted octanol–water partition coefficient (Wildman–Crippen LogP) is 3.26. The molecule has 0 saturated heterocycles. The molecule has 6 atom stereocenters. The molecule has 1 fully saturated rings. The van der Waals surface area contributed by atoms with Crippen molar-refractivity contribution in [2.24, 2.45) is 28.6 Å². The van der Waals surface area contributed by atoms with Gasteiger partial charge in [-0.05, 0) is 44.8 Å². The highest BCUT2D eigenvalue weighted by Crippen LogP contribution is 2.66. The Morgan fingerprint density at radius 3 is 2.50 bits per heavy atom.